The quantitative estimate of drug-likeness (QED) is 0.502. The molecule has 0 saturated carbocycles. The second kappa shape index (κ2) is 9.23. The number of benzene rings is 2. The lowest BCUT2D eigenvalue weighted by molar-refractivity contribution is -0.127. The van der Waals surface area contributed by atoms with Gasteiger partial charge < -0.3 is 15.0 Å². The normalized spacial score (nSPS) is 14.8. The Balaban J connectivity index is 1.54. The van der Waals surface area contributed by atoms with E-state index in [0.29, 0.717) is 5.69 Å². The molecular formula is C26H25N3O4S. The molecule has 3 amide bonds. The zero-order valence-corrected chi connectivity index (χ0v) is 20.2. The molecule has 2 aromatic carbocycles. The number of phenolic OH excluding ortho intramolecular Hbond substituents is 1. The summed E-state index contributed by atoms with van der Waals surface area (Å²) in [4.78, 5) is 39.3. The van der Waals surface area contributed by atoms with E-state index in [4.69, 9.17) is 0 Å². The zero-order valence-electron chi connectivity index (χ0n) is 19.4. The number of imide groups is 1. The molecule has 0 unspecified atom stereocenters. The van der Waals surface area contributed by atoms with Crippen molar-refractivity contribution >= 4 is 40.6 Å². The van der Waals surface area contributed by atoms with Gasteiger partial charge in [-0.05, 0) is 92.6 Å². The van der Waals surface area contributed by atoms with E-state index in [1.54, 1.807) is 18.2 Å². The summed E-state index contributed by atoms with van der Waals surface area (Å²) in [5, 5.41) is 11.9. The fourth-order valence-corrected chi connectivity index (χ4v) is 4.87. The third kappa shape index (κ3) is 4.49. The molecule has 0 radical (unpaired) electrons. The van der Waals surface area contributed by atoms with E-state index >= 15 is 0 Å². The van der Waals surface area contributed by atoms with Crippen LogP contribution in [0.1, 0.15) is 28.1 Å². The van der Waals surface area contributed by atoms with Gasteiger partial charge in [-0.15, -0.1) is 0 Å². The van der Waals surface area contributed by atoms with Crippen LogP contribution in [0, 0.1) is 27.7 Å². The molecule has 4 rings (SSSR count). The molecule has 1 fully saturated rings. The lowest BCUT2D eigenvalue weighted by atomic mass is 10.1. The molecule has 1 saturated heterocycles. The smallest absolute Gasteiger partial charge is 0.294 e. The van der Waals surface area contributed by atoms with Crippen LogP contribution in [-0.2, 0) is 9.59 Å². The van der Waals surface area contributed by atoms with Crippen molar-refractivity contribution in [2.45, 2.75) is 27.7 Å². The van der Waals surface area contributed by atoms with Crippen molar-refractivity contribution < 1.29 is 19.5 Å². The summed E-state index contributed by atoms with van der Waals surface area (Å²) in [7, 11) is 0. The van der Waals surface area contributed by atoms with E-state index in [0.717, 1.165) is 50.4 Å². The Morgan fingerprint density at radius 1 is 1.03 bits per heavy atom. The highest BCUT2D eigenvalue weighted by atomic mass is 32.2. The van der Waals surface area contributed by atoms with Crippen LogP contribution in [0.4, 0.5) is 10.5 Å². The number of aryl methyl sites for hydroxylation is 3. The minimum absolute atomic E-state index is 0.182. The molecule has 0 spiro atoms. The first kappa shape index (κ1) is 23.4. The molecule has 1 aliphatic heterocycles. The second-order valence-corrected chi connectivity index (χ2v) is 9.25. The van der Waals surface area contributed by atoms with Gasteiger partial charge in [0.25, 0.3) is 11.1 Å². The van der Waals surface area contributed by atoms with Crippen LogP contribution in [-0.4, -0.2) is 38.2 Å². The minimum atomic E-state index is -0.485. The maximum atomic E-state index is 13.0. The van der Waals surface area contributed by atoms with Crippen LogP contribution in [0.2, 0.25) is 0 Å². The third-order valence-electron chi connectivity index (χ3n) is 5.79. The fourth-order valence-electron chi connectivity index (χ4n) is 4.04. The zero-order chi connectivity index (χ0) is 24.6. The summed E-state index contributed by atoms with van der Waals surface area (Å²) in [6.07, 6.45) is 1.69. The minimum Gasteiger partial charge on any atom is -0.508 e. The number of hydrogen-bond donors (Lipinski definition) is 2. The number of amides is 3. The predicted molar refractivity (Wildman–Crippen MR) is 134 cm³/mol. The largest absolute Gasteiger partial charge is 0.508 e. The Morgan fingerprint density at radius 3 is 2.32 bits per heavy atom. The second-order valence-electron chi connectivity index (χ2n) is 8.26. The highest BCUT2D eigenvalue weighted by molar-refractivity contribution is 8.18. The Morgan fingerprint density at radius 2 is 1.68 bits per heavy atom. The number of aromatic hydroxyl groups is 1. The highest BCUT2D eigenvalue weighted by Gasteiger charge is 2.36. The van der Waals surface area contributed by atoms with Gasteiger partial charge in [-0.2, -0.15) is 0 Å². The van der Waals surface area contributed by atoms with Crippen LogP contribution < -0.4 is 5.32 Å². The Bertz CT molecular complexity index is 1320. The number of nitrogens with one attached hydrogen (secondary N) is 1. The van der Waals surface area contributed by atoms with Crippen molar-refractivity contribution in [2.75, 3.05) is 11.9 Å². The summed E-state index contributed by atoms with van der Waals surface area (Å²) < 4.78 is 2.01. The van der Waals surface area contributed by atoms with E-state index < -0.39 is 17.1 Å². The van der Waals surface area contributed by atoms with E-state index in [9.17, 15) is 19.5 Å². The van der Waals surface area contributed by atoms with Crippen molar-refractivity contribution in [3.8, 4) is 11.4 Å². The summed E-state index contributed by atoms with van der Waals surface area (Å²) >= 11 is 0.829. The number of anilines is 1. The van der Waals surface area contributed by atoms with Gasteiger partial charge in [0.15, 0.2) is 0 Å². The molecule has 0 aliphatic carbocycles. The average molecular weight is 476 g/mol. The van der Waals surface area contributed by atoms with Crippen molar-refractivity contribution in [2.24, 2.45) is 0 Å². The third-order valence-corrected chi connectivity index (χ3v) is 6.69. The lowest BCUT2D eigenvalue weighted by Gasteiger charge is -2.15. The van der Waals surface area contributed by atoms with Gasteiger partial charge in [-0.1, -0.05) is 18.2 Å². The summed E-state index contributed by atoms with van der Waals surface area (Å²) in [5.41, 5.74) is 6.03. The summed E-state index contributed by atoms with van der Waals surface area (Å²) in [6.45, 7) is 7.30. The highest BCUT2D eigenvalue weighted by Crippen LogP contribution is 2.34. The fraction of sp³-hybridized carbons (Fsp3) is 0.192. The maximum absolute atomic E-state index is 13.0. The number of hydrogen-bond acceptors (Lipinski definition) is 5. The Kier molecular flexibility index (Phi) is 6.34. The van der Waals surface area contributed by atoms with Crippen LogP contribution >= 0.6 is 11.8 Å². The Hall–Kier alpha value is -3.78. The Labute approximate surface area is 202 Å². The van der Waals surface area contributed by atoms with E-state index in [1.165, 1.54) is 0 Å². The number of carbonyl (C=O) groups is 3. The van der Waals surface area contributed by atoms with Gasteiger partial charge in [0.1, 0.15) is 12.3 Å². The van der Waals surface area contributed by atoms with Crippen LogP contribution in [0.5, 0.6) is 5.75 Å². The molecule has 0 atom stereocenters. The SMILES string of the molecule is Cc1cccc(C)c1NC(=O)CN1C(=O)SC(=Cc2cc(C)n(-c3ccc(O)cc3)c2C)C1=O. The number of thioether (sulfide) groups is 1. The number of para-hydroxylation sites is 1. The first-order valence-electron chi connectivity index (χ1n) is 10.8. The van der Waals surface area contributed by atoms with Gasteiger partial charge in [0.05, 0.1) is 4.91 Å². The molecule has 2 heterocycles. The molecule has 3 aromatic rings. The van der Waals surface area contributed by atoms with E-state index in [2.05, 4.69) is 5.32 Å². The van der Waals surface area contributed by atoms with Crippen molar-refractivity contribution in [1.29, 1.82) is 0 Å². The standard InChI is InChI=1S/C26H25N3O4S/c1-15-6-5-7-16(2)24(15)27-23(31)14-28-25(32)22(34-26(28)33)13-19-12-17(3)29(18(19)4)20-8-10-21(30)11-9-20/h5-13,30H,14H2,1-4H3,(H,27,31). The van der Waals surface area contributed by atoms with Gasteiger partial charge in [-0.3, -0.25) is 19.3 Å². The number of nitrogens with zero attached hydrogens (tertiary/aromatic N) is 2. The average Bonchev–Trinajstić information content (AvgIpc) is 3.21. The number of phenols is 1. The van der Waals surface area contributed by atoms with Crippen LogP contribution in [0.15, 0.2) is 53.4 Å². The summed E-state index contributed by atoms with van der Waals surface area (Å²) in [5.74, 6) is -0.728. The molecular weight excluding hydrogens is 450 g/mol. The topological polar surface area (TPSA) is 91.6 Å². The van der Waals surface area contributed by atoms with Crippen LogP contribution in [0.3, 0.4) is 0 Å². The first-order chi connectivity index (χ1) is 16.2. The molecule has 174 valence electrons. The number of rotatable bonds is 5. The van der Waals surface area contributed by atoms with E-state index in [1.807, 2.05) is 68.7 Å². The monoisotopic (exact) mass is 475 g/mol. The first-order valence-corrected chi connectivity index (χ1v) is 11.6. The summed E-state index contributed by atoms with van der Waals surface area (Å²) in [6, 6.07) is 14.5. The maximum Gasteiger partial charge on any atom is 0.294 e. The van der Waals surface area contributed by atoms with Gasteiger partial charge in [0.2, 0.25) is 5.91 Å². The van der Waals surface area contributed by atoms with Gasteiger partial charge >= 0.3 is 0 Å². The van der Waals surface area contributed by atoms with Crippen molar-refractivity contribution in [3.05, 3.63) is 81.5 Å². The van der Waals surface area contributed by atoms with Crippen molar-refractivity contribution in [1.82, 2.24) is 9.47 Å². The molecule has 8 heteroatoms. The van der Waals surface area contributed by atoms with Gasteiger partial charge in [-0.25, -0.2) is 0 Å². The van der Waals surface area contributed by atoms with Crippen molar-refractivity contribution in [3.63, 3.8) is 0 Å². The molecule has 2 N–H and O–H groups in total. The predicted octanol–water partition coefficient (Wildman–Crippen LogP) is 5.09. The number of aromatic nitrogens is 1. The molecule has 1 aliphatic rings. The molecule has 1 aromatic heterocycles. The molecule has 0 bridgehead atoms. The van der Waals surface area contributed by atoms with Crippen LogP contribution in [0.25, 0.3) is 11.8 Å². The molecule has 7 nitrogen and oxygen atoms in total. The van der Waals surface area contributed by atoms with Gasteiger partial charge in [0, 0.05) is 22.8 Å². The number of carbonyl (C=O) groups excluding carboxylic acids is 3. The lowest BCUT2D eigenvalue weighted by Crippen LogP contribution is -2.36. The van der Waals surface area contributed by atoms with E-state index in [-0.39, 0.29) is 17.2 Å². The molecule has 34 heavy (non-hydrogen) atoms.